The van der Waals surface area contributed by atoms with Crippen LogP contribution < -0.4 is 11.1 Å². The fraction of sp³-hybridized carbons (Fsp3) is 0.538. The summed E-state index contributed by atoms with van der Waals surface area (Å²) >= 11 is 0. The van der Waals surface area contributed by atoms with Crippen LogP contribution in [0, 0.1) is 0 Å². The van der Waals surface area contributed by atoms with Crippen LogP contribution >= 0.6 is 0 Å². The normalized spacial score (nSPS) is 10.3. The summed E-state index contributed by atoms with van der Waals surface area (Å²) in [5, 5.41) is 2.69. The number of nitrogens with two attached hydrogens (primary N) is 1. The summed E-state index contributed by atoms with van der Waals surface area (Å²) in [6.45, 7) is 7.40. The second kappa shape index (κ2) is 6.82. The Morgan fingerprint density at radius 3 is 2.58 bits per heavy atom. The molecular formula is C13H22N4O2. The average molecular weight is 266 g/mol. The molecule has 0 saturated carbocycles. The van der Waals surface area contributed by atoms with Gasteiger partial charge < -0.3 is 20.5 Å². The second-order valence-electron chi connectivity index (χ2n) is 4.22. The molecule has 0 spiro atoms. The summed E-state index contributed by atoms with van der Waals surface area (Å²) in [5.74, 6) is -0.326. The third-order valence-corrected chi connectivity index (χ3v) is 2.85. The van der Waals surface area contributed by atoms with Crippen LogP contribution in [0.3, 0.4) is 0 Å². The maximum Gasteiger partial charge on any atom is 0.271 e. The van der Waals surface area contributed by atoms with E-state index in [1.807, 2.05) is 20.8 Å². The quantitative estimate of drug-likeness (QED) is 0.795. The third kappa shape index (κ3) is 3.74. The van der Waals surface area contributed by atoms with Crippen molar-refractivity contribution in [1.29, 1.82) is 0 Å². The number of nitrogen functional groups attached to an aromatic ring is 1. The Morgan fingerprint density at radius 2 is 2.05 bits per heavy atom. The number of anilines is 1. The first-order chi connectivity index (χ1) is 9.03. The van der Waals surface area contributed by atoms with E-state index in [-0.39, 0.29) is 18.4 Å². The van der Waals surface area contributed by atoms with Crippen LogP contribution in [0.1, 0.15) is 31.3 Å². The molecule has 0 aliphatic heterocycles. The Bertz CT molecular complexity index is 453. The van der Waals surface area contributed by atoms with E-state index in [9.17, 15) is 9.59 Å². The van der Waals surface area contributed by atoms with Gasteiger partial charge in [0.05, 0.1) is 12.2 Å². The molecule has 6 heteroatoms. The highest BCUT2D eigenvalue weighted by Gasteiger charge is 2.20. The van der Waals surface area contributed by atoms with Crippen molar-refractivity contribution in [2.24, 2.45) is 0 Å². The highest BCUT2D eigenvalue weighted by molar-refractivity contribution is 5.96. The predicted molar refractivity (Wildman–Crippen MR) is 74.8 cm³/mol. The number of amides is 2. The molecule has 0 fully saturated rings. The largest absolute Gasteiger partial charge is 0.397 e. The van der Waals surface area contributed by atoms with Gasteiger partial charge in [-0.3, -0.25) is 9.59 Å². The highest BCUT2D eigenvalue weighted by Crippen LogP contribution is 2.13. The van der Waals surface area contributed by atoms with Crippen molar-refractivity contribution in [3.8, 4) is 0 Å². The lowest BCUT2D eigenvalue weighted by molar-refractivity contribution is -0.121. The van der Waals surface area contributed by atoms with Crippen molar-refractivity contribution in [2.45, 2.75) is 27.3 Å². The fourth-order valence-corrected chi connectivity index (χ4v) is 1.89. The van der Waals surface area contributed by atoms with E-state index >= 15 is 0 Å². The van der Waals surface area contributed by atoms with Crippen LogP contribution in [0.5, 0.6) is 0 Å². The van der Waals surface area contributed by atoms with Gasteiger partial charge in [0, 0.05) is 25.8 Å². The third-order valence-electron chi connectivity index (χ3n) is 2.85. The zero-order valence-corrected chi connectivity index (χ0v) is 11.8. The Labute approximate surface area is 113 Å². The minimum absolute atomic E-state index is 0.0674. The van der Waals surface area contributed by atoms with E-state index in [0.29, 0.717) is 31.0 Å². The lowest BCUT2D eigenvalue weighted by Gasteiger charge is -2.20. The van der Waals surface area contributed by atoms with Gasteiger partial charge in [0.25, 0.3) is 5.91 Å². The number of aromatic nitrogens is 1. The van der Waals surface area contributed by atoms with Crippen LogP contribution in [0.15, 0.2) is 12.3 Å². The molecule has 6 nitrogen and oxygen atoms in total. The zero-order valence-electron chi connectivity index (χ0n) is 11.8. The molecule has 2 amide bonds. The summed E-state index contributed by atoms with van der Waals surface area (Å²) in [6, 6.07) is 1.65. The van der Waals surface area contributed by atoms with Crippen molar-refractivity contribution < 1.29 is 9.59 Å². The summed E-state index contributed by atoms with van der Waals surface area (Å²) in [4.78, 5) is 25.5. The summed E-state index contributed by atoms with van der Waals surface area (Å²) < 4.78 is 1.79. The van der Waals surface area contributed by atoms with Gasteiger partial charge in [-0.05, 0) is 26.8 Å². The molecule has 1 aromatic heterocycles. The number of nitrogens with one attached hydrogen (secondary N) is 1. The van der Waals surface area contributed by atoms with Gasteiger partial charge in [-0.1, -0.05) is 0 Å². The topological polar surface area (TPSA) is 80.4 Å². The van der Waals surface area contributed by atoms with Crippen molar-refractivity contribution in [2.75, 3.05) is 25.4 Å². The minimum Gasteiger partial charge on any atom is -0.397 e. The molecule has 106 valence electrons. The molecule has 0 atom stereocenters. The molecule has 0 bridgehead atoms. The van der Waals surface area contributed by atoms with Crippen LogP contribution in [0.2, 0.25) is 0 Å². The van der Waals surface area contributed by atoms with Gasteiger partial charge >= 0.3 is 0 Å². The molecular weight excluding hydrogens is 244 g/mol. The predicted octanol–water partition coefficient (Wildman–Crippen LogP) is 0.688. The molecule has 0 aliphatic carbocycles. The zero-order chi connectivity index (χ0) is 14.4. The Hall–Kier alpha value is -1.98. The Kier molecular flexibility index (Phi) is 5.41. The fourth-order valence-electron chi connectivity index (χ4n) is 1.89. The Balaban J connectivity index is 2.85. The molecule has 0 unspecified atom stereocenters. The Morgan fingerprint density at radius 1 is 1.37 bits per heavy atom. The highest BCUT2D eigenvalue weighted by atomic mass is 16.2. The second-order valence-corrected chi connectivity index (χ2v) is 4.22. The first-order valence-electron chi connectivity index (χ1n) is 6.55. The van der Waals surface area contributed by atoms with Crippen LogP contribution in [-0.4, -0.2) is 40.9 Å². The smallest absolute Gasteiger partial charge is 0.271 e. The van der Waals surface area contributed by atoms with Crippen LogP contribution in [0.25, 0.3) is 0 Å². The van der Waals surface area contributed by atoms with E-state index in [2.05, 4.69) is 5.32 Å². The van der Waals surface area contributed by atoms with Crippen molar-refractivity contribution in [3.63, 3.8) is 0 Å². The number of carbonyl (C=O) groups excluding carboxylic acids is 2. The number of hydrogen-bond acceptors (Lipinski definition) is 3. The standard InChI is InChI=1S/C13H22N4O2/c1-4-15-12(18)9-17(6-3)13(19)11-7-10(14)8-16(11)5-2/h7-8H,4-6,9,14H2,1-3H3,(H,15,18). The van der Waals surface area contributed by atoms with Gasteiger partial charge in [-0.15, -0.1) is 0 Å². The SMILES string of the molecule is CCNC(=O)CN(CC)C(=O)c1cc(N)cn1CC. The van der Waals surface area contributed by atoms with Gasteiger partial charge in [-0.2, -0.15) is 0 Å². The summed E-state index contributed by atoms with van der Waals surface area (Å²) in [6.07, 6.45) is 1.73. The minimum atomic E-state index is -0.174. The lowest BCUT2D eigenvalue weighted by Crippen LogP contribution is -2.41. The molecule has 1 heterocycles. The number of nitrogens with zero attached hydrogens (tertiary/aromatic N) is 2. The number of hydrogen-bond donors (Lipinski definition) is 2. The van der Waals surface area contributed by atoms with Gasteiger partial charge in [0.1, 0.15) is 5.69 Å². The average Bonchev–Trinajstić information content (AvgIpc) is 2.76. The van der Waals surface area contributed by atoms with Crippen molar-refractivity contribution >= 4 is 17.5 Å². The molecule has 0 saturated heterocycles. The number of carbonyl (C=O) groups is 2. The van der Waals surface area contributed by atoms with Crippen LogP contribution in [0.4, 0.5) is 5.69 Å². The van der Waals surface area contributed by atoms with E-state index in [1.165, 1.54) is 4.90 Å². The number of aryl methyl sites for hydroxylation is 1. The summed E-state index contributed by atoms with van der Waals surface area (Å²) in [5.41, 5.74) is 6.79. The van der Waals surface area contributed by atoms with Crippen LogP contribution in [-0.2, 0) is 11.3 Å². The molecule has 1 aromatic rings. The van der Waals surface area contributed by atoms with Gasteiger partial charge in [0.15, 0.2) is 0 Å². The lowest BCUT2D eigenvalue weighted by atomic mass is 10.3. The van der Waals surface area contributed by atoms with E-state index in [1.54, 1.807) is 16.8 Å². The van der Waals surface area contributed by atoms with Gasteiger partial charge in [-0.25, -0.2) is 0 Å². The van der Waals surface area contributed by atoms with Gasteiger partial charge in [0.2, 0.25) is 5.91 Å². The first kappa shape index (κ1) is 15.1. The maximum absolute atomic E-state index is 12.4. The molecule has 0 aliphatic rings. The monoisotopic (exact) mass is 266 g/mol. The number of likely N-dealkylation sites (N-methyl/N-ethyl adjacent to an activating group) is 2. The molecule has 0 radical (unpaired) electrons. The maximum atomic E-state index is 12.4. The first-order valence-corrected chi connectivity index (χ1v) is 6.55. The van der Waals surface area contributed by atoms with Crippen molar-refractivity contribution in [1.82, 2.24) is 14.8 Å². The molecule has 19 heavy (non-hydrogen) atoms. The van der Waals surface area contributed by atoms with E-state index in [4.69, 9.17) is 5.73 Å². The van der Waals surface area contributed by atoms with E-state index in [0.717, 1.165) is 0 Å². The number of rotatable bonds is 6. The van der Waals surface area contributed by atoms with E-state index < -0.39 is 0 Å². The van der Waals surface area contributed by atoms with Crippen molar-refractivity contribution in [3.05, 3.63) is 18.0 Å². The molecule has 3 N–H and O–H groups in total. The molecule has 0 aromatic carbocycles. The summed E-state index contributed by atoms with van der Waals surface area (Å²) in [7, 11) is 0. The molecule has 1 rings (SSSR count).